The summed E-state index contributed by atoms with van der Waals surface area (Å²) in [5, 5.41) is 22.0. The van der Waals surface area contributed by atoms with Gasteiger partial charge in [-0.1, -0.05) is 45.4 Å². The highest BCUT2D eigenvalue weighted by molar-refractivity contribution is 6.00. The molecular formula is C30H50ClN5O3. The molecule has 2 aliphatic heterocycles. The number of aromatic amines is 1. The fourth-order valence-electron chi connectivity index (χ4n) is 8.11. The number of aryl methyl sites for hydroxylation is 2. The maximum Gasteiger partial charge on any atom is 0.248 e. The molecule has 2 saturated carbocycles. The van der Waals surface area contributed by atoms with Crippen LogP contribution in [0.4, 0.5) is 0 Å². The number of unbranched alkanes of at least 4 members (excludes halogenated alkanes) is 1. The van der Waals surface area contributed by atoms with Crippen molar-refractivity contribution in [2.45, 2.75) is 128 Å². The fraction of sp³-hybridized carbons (Fsp3) is 0.833. The third kappa shape index (κ3) is 5.76. The molecule has 3 N–H and O–H groups in total. The van der Waals surface area contributed by atoms with Crippen LogP contribution in [0.3, 0.4) is 0 Å². The number of carbonyl (C=O) groups is 2. The van der Waals surface area contributed by atoms with Crippen LogP contribution in [0, 0.1) is 25.7 Å². The molecule has 1 aromatic rings. The zero-order valence-electron chi connectivity index (χ0n) is 24.2. The van der Waals surface area contributed by atoms with E-state index in [4.69, 9.17) is 0 Å². The van der Waals surface area contributed by atoms with Crippen LogP contribution in [0.15, 0.2) is 0 Å². The van der Waals surface area contributed by atoms with Crippen molar-refractivity contribution in [2.24, 2.45) is 11.8 Å². The van der Waals surface area contributed by atoms with Gasteiger partial charge in [0, 0.05) is 36.9 Å². The Morgan fingerprint density at radius 1 is 1.00 bits per heavy atom. The molecule has 8 nitrogen and oxygen atoms in total. The lowest BCUT2D eigenvalue weighted by Crippen LogP contribution is -2.75. The zero-order valence-corrected chi connectivity index (χ0v) is 25.0. The normalized spacial score (nSPS) is 26.5. The smallest absolute Gasteiger partial charge is 0.248 e. The molecule has 0 aromatic carbocycles. The third-order valence-corrected chi connectivity index (χ3v) is 10.3. The van der Waals surface area contributed by atoms with Gasteiger partial charge in [-0.3, -0.25) is 19.6 Å². The minimum absolute atomic E-state index is 0. The fourth-order valence-corrected chi connectivity index (χ4v) is 8.11. The molecule has 4 fully saturated rings. The number of nitrogens with one attached hydrogen (secondary N) is 2. The van der Waals surface area contributed by atoms with Crippen LogP contribution in [-0.4, -0.2) is 74.2 Å². The lowest BCUT2D eigenvalue weighted by Gasteiger charge is -2.54. The van der Waals surface area contributed by atoms with Crippen LogP contribution in [0.2, 0.25) is 0 Å². The van der Waals surface area contributed by atoms with Crippen LogP contribution < -0.4 is 5.32 Å². The van der Waals surface area contributed by atoms with E-state index in [-0.39, 0.29) is 30.1 Å². The SMILES string of the molecule is CCCCN1C(=O)[C@@H]([C@H](O)C2CCCCC2)NC(=O)C12CCN(C(c1c(C)n[nH]c1C)C1CCCC1)CC2.Cl. The van der Waals surface area contributed by atoms with E-state index in [1.54, 1.807) is 0 Å². The molecule has 2 amide bonds. The lowest BCUT2D eigenvalue weighted by molar-refractivity contribution is -0.166. The largest absolute Gasteiger partial charge is 0.390 e. The van der Waals surface area contributed by atoms with Gasteiger partial charge in [0.1, 0.15) is 11.6 Å². The van der Waals surface area contributed by atoms with Crippen molar-refractivity contribution < 1.29 is 14.7 Å². The predicted octanol–water partition coefficient (Wildman–Crippen LogP) is 4.58. The monoisotopic (exact) mass is 563 g/mol. The highest BCUT2D eigenvalue weighted by Crippen LogP contribution is 2.44. The van der Waals surface area contributed by atoms with Crippen molar-refractivity contribution in [2.75, 3.05) is 19.6 Å². The number of aliphatic hydroxyl groups excluding tert-OH is 1. The van der Waals surface area contributed by atoms with Gasteiger partial charge in [0.25, 0.3) is 0 Å². The number of aliphatic hydroxyl groups is 1. The molecule has 1 aromatic heterocycles. The number of carbonyl (C=O) groups excluding carboxylic acids is 2. The number of amides is 2. The Balaban J connectivity index is 0.00000353. The Bertz CT molecular complexity index is 960. The van der Waals surface area contributed by atoms with E-state index in [1.807, 2.05) is 4.90 Å². The van der Waals surface area contributed by atoms with E-state index in [1.165, 1.54) is 37.7 Å². The number of piperazine rings is 1. The van der Waals surface area contributed by atoms with Crippen molar-refractivity contribution in [1.29, 1.82) is 0 Å². The van der Waals surface area contributed by atoms with E-state index < -0.39 is 17.7 Å². The molecule has 0 radical (unpaired) electrons. The number of aromatic nitrogens is 2. The van der Waals surface area contributed by atoms with Gasteiger partial charge in [0.15, 0.2) is 0 Å². The Kier molecular flexibility index (Phi) is 10.0. The van der Waals surface area contributed by atoms with Gasteiger partial charge in [-0.15, -0.1) is 12.4 Å². The Morgan fingerprint density at radius 3 is 2.21 bits per heavy atom. The first kappa shape index (κ1) is 30.3. The van der Waals surface area contributed by atoms with Crippen molar-refractivity contribution in [1.82, 2.24) is 25.3 Å². The number of H-pyrrole nitrogens is 1. The summed E-state index contributed by atoms with van der Waals surface area (Å²) in [4.78, 5) is 32.3. The first-order valence-corrected chi connectivity index (χ1v) is 15.4. The lowest BCUT2D eigenvalue weighted by atomic mass is 9.77. The van der Waals surface area contributed by atoms with Gasteiger partial charge >= 0.3 is 0 Å². The molecule has 0 bridgehead atoms. The van der Waals surface area contributed by atoms with Crippen LogP contribution in [-0.2, 0) is 9.59 Å². The summed E-state index contributed by atoms with van der Waals surface area (Å²) in [5.41, 5.74) is 2.74. The van der Waals surface area contributed by atoms with Crippen LogP contribution in [0.25, 0.3) is 0 Å². The predicted molar refractivity (Wildman–Crippen MR) is 155 cm³/mol. The minimum Gasteiger partial charge on any atom is -0.390 e. The third-order valence-electron chi connectivity index (χ3n) is 10.3. The van der Waals surface area contributed by atoms with Crippen molar-refractivity contribution >= 4 is 24.2 Å². The standard InChI is InChI=1S/C30H49N5O3.ClH/c1-4-5-17-35-28(37)25(27(36)23-13-7-6-8-14-23)31-29(38)30(35)15-18-34(19-16-30)26(22-11-9-10-12-22)24-20(2)32-33-21(24)3;/h22-23,25-27,36H,4-19H2,1-3H3,(H,31,38)(H,32,33);1H/t25-,26?,27-;/m1./s1. The van der Waals surface area contributed by atoms with Gasteiger partial charge in [0.2, 0.25) is 11.8 Å². The highest BCUT2D eigenvalue weighted by atomic mass is 35.5. The molecule has 2 saturated heterocycles. The molecule has 39 heavy (non-hydrogen) atoms. The maximum absolute atomic E-state index is 14.0. The van der Waals surface area contributed by atoms with Crippen molar-refractivity contribution in [3.63, 3.8) is 0 Å². The molecule has 220 valence electrons. The second-order valence-electron chi connectivity index (χ2n) is 12.6. The summed E-state index contributed by atoms with van der Waals surface area (Å²) >= 11 is 0. The molecule has 1 spiro atoms. The molecule has 9 heteroatoms. The van der Waals surface area contributed by atoms with Gasteiger partial charge in [-0.05, 0) is 70.6 Å². The van der Waals surface area contributed by atoms with E-state index >= 15 is 0 Å². The Labute approximate surface area is 240 Å². The number of halogens is 1. The maximum atomic E-state index is 14.0. The van der Waals surface area contributed by atoms with E-state index in [0.717, 1.165) is 63.0 Å². The van der Waals surface area contributed by atoms with Crippen molar-refractivity contribution in [3.8, 4) is 0 Å². The summed E-state index contributed by atoms with van der Waals surface area (Å²) in [7, 11) is 0. The average molecular weight is 564 g/mol. The molecule has 5 rings (SSSR count). The average Bonchev–Trinajstić information content (AvgIpc) is 3.58. The zero-order chi connectivity index (χ0) is 26.9. The first-order valence-electron chi connectivity index (χ1n) is 15.4. The first-order chi connectivity index (χ1) is 18.4. The van der Waals surface area contributed by atoms with E-state index in [0.29, 0.717) is 31.3 Å². The van der Waals surface area contributed by atoms with E-state index in [2.05, 4.69) is 41.2 Å². The summed E-state index contributed by atoms with van der Waals surface area (Å²) in [6, 6.07) is -0.505. The molecule has 3 heterocycles. The number of likely N-dealkylation sites (tertiary alicyclic amines) is 1. The summed E-state index contributed by atoms with van der Waals surface area (Å²) in [6.45, 7) is 8.50. The van der Waals surface area contributed by atoms with Crippen LogP contribution in [0.1, 0.15) is 113 Å². The molecular weight excluding hydrogens is 514 g/mol. The summed E-state index contributed by atoms with van der Waals surface area (Å²) in [5.74, 6) is 0.571. The molecule has 1 unspecified atom stereocenters. The number of nitrogens with zero attached hydrogens (tertiary/aromatic N) is 3. The number of rotatable bonds is 8. The summed E-state index contributed by atoms with van der Waals surface area (Å²) in [6.07, 6.45) is 12.6. The number of hydrogen-bond acceptors (Lipinski definition) is 5. The quantitative estimate of drug-likeness (QED) is 0.430. The van der Waals surface area contributed by atoms with Gasteiger partial charge < -0.3 is 15.3 Å². The van der Waals surface area contributed by atoms with Gasteiger partial charge in [-0.25, -0.2) is 0 Å². The molecule has 4 aliphatic rings. The minimum atomic E-state index is -0.813. The van der Waals surface area contributed by atoms with Crippen LogP contribution in [0.5, 0.6) is 0 Å². The van der Waals surface area contributed by atoms with Crippen molar-refractivity contribution in [3.05, 3.63) is 17.0 Å². The Morgan fingerprint density at radius 2 is 1.62 bits per heavy atom. The van der Waals surface area contributed by atoms with Crippen LogP contribution >= 0.6 is 12.4 Å². The second-order valence-corrected chi connectivity index (χ2v) is 12.6. The second kappa shape index (κ2) is 12.9. The molecule has 2 aliphatic carbocycles. The molecule has 3 atom stereocenters. The number of piperidine rings is 1. The Hall–Kier alpha value is -1.64. The summed E-state index contributed by atoms with van der Waals surface area (Å²) < 4.78 is 0. The highest BCUT2D eigenvalue weighted by Gasteiger charge is 2.56. The van der Waals surface area contributed by atoms with Gasteiger partial charge in [-0.2, -0.15) is 5.10 Å². The number of hydrogen-bond donors (Lipinski definition) is 3. The topological polar surface area (TPSA) is 102 Å². The van der Waals surface area contributed by atoms with E-state index in [9.17, 15) is 14.7 Å². The van der Waals surface area contributed by atoms with Gasteiger partial charge in [0.05, 0.1) is 11.8 Å².